The molecule has 0 aromatic rings. The van der Waals surface area contributed by atoms with E-state index in [0.717, 1.165) is 57.8 Å². The van der Waals surface area contributed by atoms with E-state index in [2.05, 4.69) is 13.8 Å². The molecule has 0 spiro atoms. The van der Waals surface area contributed by atoms with E-state index in [9.17, 15) is 25.2 Å². The summed E-state index contributed by atoms with van der Waals surface area (Å²) in [5.41, 5.74) is -0.967. The zero-order valence-corrected chi connectivity index (χ0v) is 22.3. The summed E-state index contributed by atoms with van der Waals surface area (Å²) < 4.78 is 17.3. The average molecular weight is 511 g/mol. The summed E-state index contributed by atoms with van der Waals surface area (Å²) in [6.07, 6.45) is 3.11. The van der Waals surface area contributed by atoms with Crippen molar-refractivity contribution in [2.24, 2.45) is 34.5 Å². The first kappa shape index (κ1) is 27.0. The second-order valence-electron chi connectivity index (χ2n) is 13.0. The van der Waals surface area contributed by atoms with Gasteiger partial charge >= 0.3 is 0 Å². The molecule has 0 amide bonds. The van der Waals surface area contributed by atoms with E-state index in [1.54, 1.807) is 6.92 Å². The van der Waals surface area contributed by atoms with Gasteiger partial charge in [0.15, 0.2) is 6.29 Å². The highest BCUT2D eigenvalue weighted by molar-refractivity contribution is 5.80. The standard InChI is InChI=1S/C28H46O8/c1-15(30)18-9-12-28(33)20-6-5-16-13-17(7-10-26(16,2)19(20)8-11-27(18,28)3)35-25-23(32)24(34-4)22(31)21(14-29)36-25/h16-25,29,31-33H,5-14H2,1-4H3. The van der Waals surface area contributed by atoms with Crippen LogP contribution in [-0.2, 0) is 19.0 Å². The maximum atomic E-state index is 12.4. The molecule has 4 N–H and O–H groups in total. The predicted octanol–water partition coefficient (Wildman–Crippen LogP) is 2.19. The molecule has 5 rings (SSSR count). The first-order valence-corrected chi connectivity index (χ1v) is 14.0. The highest BCUT2D eigenvalue weighted by Gasteiger charge is 2.68. The molecule has 8 nitrogen and oxygen atoms in total. The van der Waals surface area contributed by atoms with Gasteiger partial charge in [-0.1, -0.05) is 13.8 Å². The molecule has 1 aliphatic heterocycles. The van der Waals surface area contributed by atoms with Crippen LogP contribution in [0.1, 0.15) is 78.6 Å². The third-order valence-electron chi connectivity index (χ3n) is 11.7. The number of fused-ring (bicyclic) bond motifs is 5. The van der Waals surface area contributed by atoms with Crippen molar-refractivity contribution in [3.63, 3.8) is 0 Å². The Morgan fingerprint density at radius 3 is 2.42 bits per heavy atom. The predicted molar refractivity (Wildman–Crippen MR) is 131 cm³/mol. The van der Waals surface area contributed by atoms with Crippen molar-refractivity contribution in [2.45, 2.75) is 121 Å². The summed E-state index contributed by atoms with van der Waals surface area (Å²) in [6, 6.07) is 0. The number of Topliss-reactive ketones (excluding diaryl/α,β-unsaturated/α-hetero) is 1. The normalized spacial score (nSPS) is 54.9. The molecule has 0 radical (unpaired) electrons. The van der Waals surface area contributed by atoms with Crippen molar-refractivity contribution >= 4 is 5.78 Å². The van der Waals surface area contributed by atoms with Gasteiger partial charge in [-0.15, -0.1) is 0 Å². The fourth-order valence-corrected chi connectivity index (χ4v) is 9.59. The molecule has 13 atom stereocenters. The lowest BCUT2D eigenvalue weighted by molar-refractivity contribution is -0.320. The van der Waals surface area contributed by atoms with Crippen molar-refractivity contribution in [1.29, 1.82) is 0 Å². The van der Waals surface area contributed by atoms with Gasteiger partial charge in [-0.2, -0.15) is 0 Å². The minimum atomic E-state index is -1.14. The number of hydrogen-bond donors (Lipinski definition) is 4. The van der Waals surface area contributed by atoms with E-state index < -0.39 is 36.3 Å². The third kappa shape index (κ3) is 3.85. The maximum absolute atomic E-state index is 12.4. The zero-order valence-electron chi connectivity index (χ0n) is 22.3. The van der Waals surface area contributed by atoms with Crippen LogP contribution in [0.2, 0.25) is 0 Å². The molecular formula is C28H46O8. The summed E-state index contributed by atoms with van der Waals surface area (Å²) in [4.78, 5) is 12.4. The Labute approximate surface area is 214 Å². The molecule has 13 unspecified atom stereocenters. The van der Waals surface area contributed by atoms with Gasteiger partial charge in [0.2, 0.25) is 0 Å². The number of ketones is 1. The van der Waals surface area contributed by atoms with E-state index in [1.165, 1.54) is 7.11 Å². The van der Waals surface area contributed by atoms with Crippen LogP contribution in [0.25, 0.3) is 0 Å². The second kappa shape index (κ2) is 9.54. The maximum Gasteiger partial charge on any atom is 0.186 e. The highest BCUT2D eigenvalue weighted by Crippen LogP contribution is 2.69. The first-order valence-electron chi connectivity index (χ1n) is 14.0. The van der Waals surface area contributed by atoms with Crippen LogP contribution in [0, 0.1) is 34.5 Å². The number of carbonyl (C=O) groups is 1. The minimum absolute atomic E-state index is 0.0303. The number of aliphatic hydroxyl groups excluding tert-OH is 3. The minimum Gasteiger partial charge on any atom is -0.394 e. The summed E-state index contributed by atoms with van der Waals surface area (Å²) in [5, 5.41) is 42.8. The van der Waals surface area contributed by atoms with E-state index in [1.807, 2.05) is 0 Å². The first-order chi connectivity index (χ1) is 17.0. The molecule has 5 aliphatic rings. The third-order valence-corrected chi connectivity index (χ3v) is 11.7. The Morgan fingerprint density at radius 2 is 1.75 bits per heavy atom. The van der Waals surface area contributed by atoms with Gasteiger partial charge in [0.1, 0.15) is 30.2 Å². The Kier molecular flexibility index (Phi) is 7.15. The summed E-state index contributed by atoms with van der Waals surface area (Å²) in [6.45, 7) is 5.88. The Hall–Kier alpha value is -0.610. The lowest BCUT2D eigenvalue weighted by Gasteiger charge is -2.63. The van der Waals surface area contributed by atoms with E-state index in [0.29, 0.717) is 11.8 Å². The summed E-state index contributed by atoms with van der Waals surface area (Å²) in [7, 11) is 1.42. The SMILES string of the molecule is COC1C(O)C(CO)OC(OC2CCC3(C)C(CCC4C3CCC3(C)C(C(C)=O)CCC43O)C2)C1O. The number of carbonyl (C=O) groups excluding carboxylic acids is 1. The number of methoxy groups -OCH3 is 1. The van der Waals surface area contributed by atoms with Crippen LogP contribution in [0.15, 0.2) is 0 Å². The van der Waals surface area contributed by atoms with Gasteiger partial charge in [0.05, 0.1) is 18.3 Å². The van der Waals surface area contributed by atoms with Crippen LogP contribution < -0.4 is 0 Å². The van der Waals surface area contributed by atoms with E-state index in [4.69, 9.17) is 14.2 Å². The Morgan fingerprint density at radius 1 is 1.00 bits per heavy atom. The second-order valence-corrected chi connectivity index (χ2v) is 13.0. The molecule has 1 saturated heterocycles. The number of hydrogen-bond acceptors (Lipinski definition) is 8. The number of ether oxygens (including phenoxy) is 3. The fraction of sp³-hybridized carbons (Fsp3) is 0.964. The molecule has 0 aromatic carbocycles. The van der Waals surface area contributed by atoms with Gasteiger partial charge in [-0.05, 0) is 87.9 Å². The monoisotopic (exact) mass is 510 g/mol. The Bertz CT molecular complexity index is 836. The number of rotatable bonds is 5. The molecule has 4 saturated carbocycles. The average Bonchev–Trinajstić information content (AvgIpc) is 3.12. The lowest BCUT2D eigenvalue weighted by Crippen LogP contribution is -2.63. The van der Waals surface area contributed by atoms with E-state index >= 15 is 0 Å². The van der Waals surface area contributed by atoms with Crippen molar-refractivity contribution in [2.75, 3.05) is 13.7 Å². The van der Waals surface area contributed by atoms with Gasteiger partial charge in [-0.25, -0.2) is 0 Å². The summed E-state index contributed by atoms with van der Waals surface area (Å²) in [5.74, 6) is 1.32. The lowest BCUT2D eigenvalue weighted by atomic mass is 9.43. The smallest absolute Gasteiger partial charge is 0.186 e. The molecule has 0 bridgehead atoms. The molecule has 8 heteroatoms. The van der Waals surface area contributed by atoms with E-state index in [-0.39, 0.29) is 41.2 Å². The van der Waals surface area contributed by atoms with Crippen molar-refractivity contribution in [3.8, 4) is 0 Å². The largest absolute Gasteiger partial charge is 0.394 e. The van der Waals surface area contributed by atoms with Crippen molar-refractivity contribution in [3.05, 3.63) is 0 Å². The summed E-state index contributed by atoms with van der Waals surface area (Å²) >= 11 is 0. The molecular weight excluding hydrogens is 464 g/mol. The molecule has 0 aromatic heterocycles. The van der Waals surface area contributed by atoms with Crippen LogP contribution in [0.3, 0.4) is 0 Å². The fourth-order valence-electron chi connectivity index (χ4n) is 9.59. The van der Waals surface area contributed by atoms with Crippen molar-refractivity contribution < 1.29 is 39.4 Å². The highest BCUT2D eigenvalue weighted by atomic mass is 16.7. The van der Waals surface area contributed by atoms with Crippen molar-refractivity contribution in [1.82, 2.24) is 0 Å². The van der Waals surface area contributed by atoms with Crippen LogP contribution in [-0.4, -0.2) is 82.3 Å². The van der Waals surface area contributed by atoms with Gasteiger partial charge in [0.25, 0.3) is 0 Å². The van der Waals surface area contributed by atoms with Crippen LogP contribution >= 0.6 is 0 Å². The van der Waals surface area contributed by atoms with Gasteiger partial charge < -0.3 is 34.6 Å². The quantitative estimate of drug-likeness (QED) is 0.415. The molecule has 5 fully saturated rings. The van der Waals surface area contributed by atoms with Crippen LogP contribution in [0.4, 0.5) is 0 Å². The number of aliphatic hydroxyl groups is 4. The van der Waals surface area contributed by atoms with Gasteiger partial charge in [-0.3, -0.25) is 4.79 Å². The molecule has 206 valence electrons. The topological polar surface area (TPSA) is 126 Å². The Balaban J connectivity index is 1.29. The molecule has 1 heterocycles. The van der Waals surface area contributed by atoms with Gasteiger partial charge in [0, 0.05) is 18.4 Å². The van der Waals surface area contributed by atoms with Crippen LogP contribution in [0.5, 0.6) is 0 Å². The molecule has 36 heavy (non-hydrogen) atoms. The molecule has 4 aliphatic carbocycles. The zero-order chi connectivity index (χ0) is 26.0.